The van der Waals surface area contributed by atoms with Gasteiger partial charge in [0.2, 0.25) is 5.13 Å². The molecule has 0 aliphatic carbocycles. The Balaban J connectivity index is 2.45. The highest BCUT2D eigenvalue weighted by Crippen LogP contribution is 2.33. The largest absolute Gasteiger partial charge is 0.497 e. The number of nitrogen functional groups attached to an aromatic ring is 1. The molecule has 0 aliphatic heterocycles. The third kappa shape index (κ3) is 2.10. The van der Waals surface area contributed by atoms with Gasteiger partial charge in [-0.25, -0.2) is 0 Å². The summed E-state index contributed by atoms with van der Waals surface area (Å²) in [4.78, 5) is 0. The molecule has 0 fully saturated rings. The molecule has 2 aromatic rings. The first-order chi connectivity index (χ1) is 7.20. The molecule has 0 saturated heterocycles. The number of nitrogens with zero attached hydrogens (tertiary/aromatic N) is 2. The van der Waals surface area contributed by atoms with Crippen LogP contribution in [0.1, 0.15) is 0 Å². The summed E-state index contributed by atoms with van der Waals surface area (Å²) in [6, 6.07) is 5.67. The minimum atomic E-state index is 0.465. The summed E-state index contributed by atoms with van der Waals surface area (Å²) in [5.41, 5.74) is 6.49. The molecule has 0 unspecified atom stereocenters. The average Bonchev–Trinajstić information content (AvgIpc) is 2.64. The summed E-state index contributed by atoms with van der Waals surface area (Å²) >= 11 is 4.81. The van der Waals surface area contributed by atoms with Crippen molar-refractivity contribution in [2.24, 2.45) is 0 Å². The van der Waals surface area contributed by atoms with Crippen LogP contribution >= 0.6 is 27.3 Å². The van der Waals surface area contributed by atoms with Crippen molar-refractivity contribution in [2.75, 3.05) is 12.8 Å². The summed E-state index contributed by atoms with van der Waals surface area (Å²) in [5.74, 6) is 0.795. The molecule has 0 bridgehead atoms. The molecular formula is C9H8BrN3OS. The molecule has 15 heavy (non-hydrogen) atoms. The van der Waals surface area contributed by atoms with E-state index in [1.807, 2.05) is 18.2 Å². The molecule has 1 heterocycles. The third-order valence-corrected chi connectivity index (χ3v) is 3.29. The number of halogens is 1. The number of anilines is 1. The Morgan fingerprint density at radius 1 is 1.40 bits per heavy atom. The van der Waals surface area contributed by atoms with Gasteiger partial charge in [-0.15, -0.1) is 10.2 Å². The van der Waals surface area contributed by atoms with Crippen molar-refractivity contribution in [2.45, 2.75) is 0 Å². The van der Waals surface area contributed by atoms with Gasteiger partial charge in [-0.3, -0.25) is 0 Å². The summed E-state index contributed by atoms with van der Waals surface area (Å²) in [6.07, 6.45) is 0. The monoisotopic (exact) mass is 285 g/mol. The maximum atomic E-state index is 5.53. The van der Waals surface area contributed by atoms with Gasteiger partial charge >= 0.3 is 0 Å². The number of rotatable bonds is 2. The van der Waals surface area contributed by atoms with Crippen LogP contribution in [0, 0.1) is 0 Å². The van der Waals surface area contributed by atoms with E-state index in [1.165, 1.54) is 11.3 Å². The van der Waals surface area contributed by atoms with Crippen LogP contribution in [-0.4, -0.2) is 17.3 Å². The summed E-state index contributed by atoms with van der Waals surface area (Å²) in [6.45, 7) is 0. The Hall–Kier alpha value is -1.14. The molecular weight excluding hydrogens is 278 g/mol. The zero-order valence-corrected chi connectivity index (χ0v) is 10.3. The highest BCUT2D eigenvalue weighted by atomic mass is 79.9. The van der Waals surface area contributed by atoms with Gasteiger partial charge in [0, 0.05) is 10.0 Å². The molecule has 78 valence electrons. The molecule has 6 heteroatoms. The summed E-state index contributed by atoms with van der Waals surface area (Å²) in [7, 11) is 1.63. The lowest BCUT2D eigenvalue weighted by Crippen LogP contribution is -1.84. The van der Waals surface area contributed by atoms with Crippen LogP contribution in [0.4, 0.5) is 5.13 Å². The predicted octanol–water partition coefficient (Wildman–Crippen LogP) is 2.56. The molecule has 2 rings (SSSR count). The first-order valence-corrected chi connectivity index (χ1v) is 5.74. The lowest BCUT2D eigenvalue weighted by Gasteiger charge is -2.03. The van der Waals surface area contributed by atoms with Crippen LogP contribution in [0.5, 0.6) is 5.75 Å². The Kier molecular flexibility index (Phi) is 2.88. The first kappa shape index (κ1) is 10.4. The van der Waals surface area contributed by atoms with Crippen LogP contribution < -0.4 is 10.5 Å². The van der Waals surface area contributed by atoms with E-state index in [1.54, 1.807) is 7.11 Å². The van der Waals surface area contributed by atoms with Crippen LogP contribution in [-0.2, 0) is 0 Å². The van der Waals surface area contributed by atoms with Crippen molar-refractivity contribution in [1.29, 1.82) is 0 Å². The van der Waals surface area contributed by atoms with E-state index in [0.717, 1.165) is 20.8 Å². The second-order valence-corrected chi connectivity index (χ2v) is 4.65. The highest BCUT2D eigenvalue weighted by Gasteiger charge is 2.09. The van der Waals surface area contributed by atoms with E-state index in [0.29, 0.717) is 5.13 Å². The van der Waals surface area contributed by atoms with Crippen LogP contribution in [0.15, 0.2) is 22.7 Å². The van der Waals surface area contributed by atoms with E-state index in [2.05, 4.69) is 26.1 Å². The zero-order chi connectivity index (χ0) is 10.8. The second-order valence-electron chi connectivity index (χ2n) is 2.79. The Labute approximate surface area is 99.2 Å². The molecule has 0 spiro atoms. The molecule has 0 radical (unpaired) electrons. The highest BCUT2D eigenvalue weighted by molar-refractivity contribution is 9.10. The van der Waals surface area contributed by atoms with Crippen molar-refractivity contribution in [3.8, 4) is 16.3 Å². The molecule has 1 aromatic carbocycles. The van der Waals surface area contributed by atoms with Gasteiger partial charge in [0.1, 0.15) is 5.75 Å². The average molecular weight is 286 g/mol. The number of hydrogen-bond donors (Lipinski definition) is 1. The molecule has 1 aromatic heterocycles. The fourth-order valence-corrected chi connectivity index (χ4v) is 2.47. The summed E-state index contributed by atoms with van der Waals surface area (Å²) in [5, 5.41) is 9.00. The number of benzene rings is 1. The molecule has 2 N–H and O–H groups in total. The Morgan fingerprint density at radius 2 is 2.20 bits per heavy atom. The number of hydrogen-bond acceptors (Lipinski definition) is 5. The Morgan fingerprint density at radius 3 is 2.73 bits per heavy atom. The Bertz CT molecular complexity index is 486. The van der Waals surface area contributed by atoms with Crippen molar-refractivity contribution in [1.82, 2.24) is 10.2 Å². The SMILES string of the molecule is COc1ccc(-c2nnc(N)s2)c(Br)c1. The van der Waals surface area contributed by atoms with E-state index < -0.39 is 0 Å². The lowest BCUT2D eigenvalue weighted by atomic mass is 10.2. The van der Waals surface area contributed by atoms with Gasteiger partial charge in [-0.05, 0) is 34.1 Å². The van der Waals surface area contributed by atoms with Crippen molar-refractivity contribution in [3.63, 3.8) is 0 Å². The van der Waals surface area contributed by atoms with E-state index in [9.17, 15) is 0 Å². The van der Waals surface area contributed by atoms with Crippen molar-refractivity contribution < 1.29 is 4.74 Å². The van der Waals surface area contributed by atoms with Crippen LogP contribution in [0.25, 0.3) is 10.6 Å². The van der Waals surface area contributed by atoms with Gasteiger partial charge < -0.3 is 10.5 Å². The number of nitrogens with two attached hydrogens (primary N) is 1. The predicted molar refractivity (Wildman–Crippen MR) is 64.0 cm³/mol. The van der Waals surface area contributed by atoms with Crippen molar-refractivity contribution in [3.05, 3.63) is 22.7 Å². The van der Waals surface area contributed by atoms with E-state index in [-0.39, 0.29) is 0 Å². The normalized spacial score (nSPS) is 10.3. The molecule has 0 atom stereocenters. The van der Waals surface area contributed by atoms with Gasteiger partial charge in [0.25, 0.3) is 0 Å². The minimum Gasteiger partial charge on any atom is -0.497 e. The van der Waals surface area contributed by atoms with E-state index >= 15 is 0 Å². The number of aromatic nitrogens is 2. The van der Waals surface area contributed by atoms with Crippen molar-refractivity contribution >= 4 is 32.4 Å². The lowest BCUT2D eigenvalue weighted by molar-refractivity contribution is 0.414. The number of methoxy groups -OCH3 is 1. The molecule has 0 saturated carbocycles. The third-order valence-electron chi connectivity index (χ3n) is 1.85. The van der Waals surface area contributed by atoms with Crippen LogP contribution in [0.2, 0.25) is 0 Å². The standard InChI is InChI=1S/C9H8BrN3OS/c1-14-5-2-3-6(7(10)4-5)8-12-13-9(11)15-8/h2-4H,1H3,(H2,11,13). The topological polar surface area (TPSA) is 61.0 Å². The molecule has 0 aliphatic rings. The van der Waals surface area contributed by atoms with Gasteiger partial charge in [0.05, 0.1) is 7.11 Å². The maximum absolute atomic E-state index is 5.53. The van der Waals surface area contributed by atoms with Gasteiger partial charge in [-0.1, -0.05) is 11.3 Å². The van der Waals surface area contributed by atoms with Crippen LogP contribution in [0.3, 0.4) is 0 Å². The van der Waals surface area contributed by atoms with E-state index in [4.69, 9.17) is 10.5 Å². The van der Waals surface area contributed by atoms with Gasteiger partial charge in [-0.2, -0.15) is 0 Å². The summed E-state index contributed by atoms with van der Waals surface area (Å²) < 4.78 is 6.02. The fourth-order valence-electron chi connectivity index (χ4n) is 1.14. The minimum absolute atomic E-state index is 0.465. The second kappa shape index (κ2) is 4.16. The quantitative estimate of drug-likeness (QED) is 0.921. The zero-order valence-electron chi connectivity index (χ0n) is 7.90. The molecule has 4 nitrogen and oxygen atoms in total. The number of ether oxygens (including phenoxy) is 1. The first-order valence-electron chi connectivity index (χ1n) is 4.13. The smallest absolute Gasteiger partial charge is 0.203 e. The molecule has 0 amide bonds. The fraction of sp³-hybridized carbons (Fsp3) is 0.111. The van der Waals surface area contributed by atoms with Gasteiger partial charge in [0.15, 0.2) is 5.01 Å². The maximum Gasteiger partial charge on any atom is 0.203 e.